The number of aryl methyl sites for hydroxylation is 1. The fraction of sp³-hybridized carbons (Fsp3) is 0.355. The van der Waals surface area contributed by atoms with Crippen molar-refractivity contribution >= 4 is 6.08 Å². The highest BCUT2D eigenvalue weighted by atomic mass is 16.5. The minimum Gasteiger partial charge on any atom is -0.493 e. The normalized spacial score (nSPS) is 14.4. The third kappa shape index (κ3) is 7.47. The predicted molar refractivity (Wildman–Crippen MR) is 154 cm³/mol. The summed E-state index contributed by atoms with van der Waals surface area (Å²) >= 11 is 0. The molecule has 1 heterocycles. The number of rotatable bonds is 13. The van der Waals surface area contributed by atoms with Crippen LogP contribution in [0.3, 0.4) is 0 Å². The van der Waals surface area contributed by atoms with Crippen LogP contribution in [0.1, 0.15) is 46.7 Å². The minimum absolute atomic E-state index is 0.0392. The molecule has 1 atom stereocenters. The van der Waals surface area contributed by atoms with E-state index < -0.39 is 0 Å². The van der Waals surface area contributed by atoms with Crippen molar-refractivity contribution in [2.75, 3.05) is 33.9 Å². The zero-order chi connectivity index (χ0) is 27.5. The number of fused-ring (bicyclic) bond motifs is 1. The summed E-state index contributed by atoms with van der Waals surface area (Å²) < 4.78 is 23.4. The Morgan fingerprint density at radius 2 is 1.74 bits per heavy atom. The lowest BCUT2D eigenvalue weighted by Crippen LogP contribution is -2.28. The number of hydrogen-bond donors (Lipinski definition) is 1. The number of unbranched alkanes of at least 4 members (excludes halogenated alkanes) is 1. The van der Waals surface area contributed by atoms with Gasteiger partial charge in [0.2, 0.25) is 0 Å². The highest BCUT2D eigenvalue weighted by molar-refractivity contribution is 5.61. The molecule has 0 saturated heterocycles. The van der Waals surface area contributed by atoms with Gasteiger partial charge in [0.1, 0.15) is 6.61 Å². The predicted octanol–water partition coefficient (Wildman–Crippen LogP) is 6.96. The Labute approximate surface area is 230 Å². The third-order valence-corrected chi connectivity index (χ3v) is 6.75. The van der Waals surface area contributed by atoms with Crippen molar-refractivity contribution in [2.24, 2.45) is 5.11 Å². The molecular formula is C31H36N4O4. The van der Waals surface area contributed by atoms with Gasteiger partial charge in [0.25, 0.3) is 0 Å². The standard InChI is InChI=1S/C31H36N4O4/c1-22-17-28(36-2)30(38-16-8-7-14-34-35-32)18-24(22)11-12-27-26-20-29(37-3)31(19-25(26)13-15-33-27)39-21-23-9-5-4-6-10-23/h4-6,9-12,17-20,27,33H,7-8,13-16,21H2,1-3H3/b12-11+. The van der Waals surface area contributed by atoms with Gasteiger partial charge in [0.15, 0.2) is 23.0 Å². The fourth-order valence-electron chi connectivity index (χ4n) is 4.62. The molecule has 39 heavy (non-hydrogen) atoms. The van der Waals surface area contributed by atoms with Crippen LogP contribution in [0.4, 0.5) is 0 Å². The van der Waals surface area contributed by atoms with Crippen molar-refractivity contribution in [3.8, 4) is 23.0 Å². The molecule has 0 amide bonds. The largest absolute Gasteiger partial charge is 0.493 e. The van der Waals surface area contributed by atoms with Gasteiger partial charge in [0.05, 0.1) is 26.9 Å². The minimum atomic E-state index is 0.0392. The van der Waals surface area contributed by atoms with Crippen LogP contribution < -0.4 is 24.3 Å². The van der Waals surface area contributed by atoms with Crippen molar-refractivity contribution in [3.63, 3.8) is 0 Å². The van der Waals surface area contributed by atoms with Crippen LogP contribution in [-0.2, 0) is 13.0 Å². The molecule has 0 aliphatic carbocycles. The summed E-state index contributed by atoms with van der Waals surface area (Å²) in [4.78, 5) is 2.78. The summed E-state index contributed by atoms with van der Waals surface area (Å²) in [6, 6.07) is 18.4. The summed E-state index contributed by atoms with van der Waals surface area (Å²) in [5.41, 5.74) is 14.1. The van der Waals surface area contributed by atoms with E-state index in [0.29, 0.717) is 31.3 Å². The Balaban J connectivity index is 1.50. The first-order valence-corrected chi connectivity index (χ1v) is 13.2. The molecular weight excluding hydrogens is 492 g/mol. The van der Waals surface area contributed by atoms with Gasteiger partial charge in [-0.3, -0.25) is 0 Å². The zero-order valence-electron chi connectivity index (χ0n) is 22.9. The monoisotopic (exact) mass is 528 g/mol. The quantitative estimate of drug-likeness (QED) is 0.112. The Bertz CT molecular complexity index is 1320. The molecule has 1 aliphatic heterocycles. The van der Waals surface area contributed by atoms with Gasteiger partial charge >= 0.3 is 0 Å². The molecule has 8 nitrogen and oxygen atoms in total. The molecule has 4 rings (SSSR count). The van der Waals surface area contributed by atoms with Crippen molar-refractivity contribution in [1.29, 1.82) is 0 Å². The molecule has 1 aliphatic rings. The van der Waals surface area contributed by atoms with Gasteiger partial charge in [-0.15, -0.1) is 0 Å². The van der Waals surface area contributed by atoms with E-state index in [2.05, 4.69) is 58.7 Å². The second-order valence-electron chi connectivity index (χ2n) is 9.39. The first kappa shape index (κ1) is 27.9. The van der Waals surface area contributed by atoms with Gasteiger partial charge in [0, 0.05) is 18.0 Å². The number of nitrogens with one attached hydrogen (secondary N) is 1. The van der Waals surface area contributed by atoms with Gasteiger partial charge in [-0.05, 0) is 83.8 Å². The fourth-order valence-corrected chi connectivity index (χ4v) is 4.62. The first-order valence-electron chi connectivity index (χ1n) is 13.2. The van der Waals surface area contributed by atoms with Gasteiger partial charge < -0.3 is 24.3 Å². The Morgan fingerprint density at radius 3 is 2.51 bits per heavy atom. The number of nitrogens with zero attached hydrogens (tertiary/aromatic N) is 3. The third-order valence-electron chi connectivity index (χ3n) is 6.75. The number of hydrogen-bond acceptors (Lipinski definition) is 6. The van der Waals surface area contributed by atoms with E-state index in [1.54, 1.807) is 14.2 Å². The number of azide groups is 1. The van der Waals surface area contributed by atoms with Crippen LogP contribution in [0.25, 0.3) is 16.5 Å². The Morgan fingerprint density at radius 1 is 0.974 bits per heavy atom. The maximum Gasteiger partial charge on any atom is 0.161 e. The van der Waals surface area contributed by atoms with Crippen molar-refractivity contribution < 1.29 is 18.9 Å². The summed E-state index contributed by atoms with van der Waals surface area (Å²) in [5.74, 6) is 2.89. The SMILES string of the molecule is COc1cc(C)c(/C=C/C2NCCc3cc(OCc4ccccc4)c(OC)cc32)cc1OCCCCN=[N+]=[N-]. The van der Waals surface area contributed by atoms with Gasteiger partial charge in [-0.1, -0.05) is 47.6 Å². The Kier molecular flexibility index (Phi) is 10.1. The topological polar surface area (TPSA) is 97.7 Å². The van der Waals surface area contributed by atoms with Gasteiger partial charge in [-0.2, -0.15) is 0 Å². The molecule has 204 valence electrons. The van der Waals surface area contributed by atoms with Gasteiger partial charge in [-0.25, -0.2) is 0 Å². The van der Waals surface area contributed by atoms with E-state index in [1.807, 2.05) is 30.3 Å². The molecule has 1 N–H and O–H groups in total. The Hall–Kier alpha value is -4.13. The van der Waals surface area contributed by atoms with E-state index in [4.69, 9.17) is 24.5 Å². The molecule has 0 bridgehead atoms. The maximum absolute atomic E-state index is 8.41. The highest BCUT2D eigenvalue weighted by Gasteiger charge is 2.21. The zero-order valence-corrected chi connectivity index (χ0v) is 22.9. The van der Waals surface area contributed by atoms with E-state index in [-0.39, 0.29) is 6.04 Å². The highest BCUT2D eigenvalue weighted by Crippen LogP contribution is 2.37. The van der Waals surface area contributed by atoms with E-state index in [9.17, 15) is 0 Å². The molecule has 8 heteroatoms. The van der Waals surface area contributed by atoms with Crippen molar-refractivity contribution in [2.45, 2.75) is 38.8 Å². The van der Waals surface area contributed by atoms with Crippen molar-refractivity contribution in [1.82, 2.24) is 5.32 Å². The molecule has 0 radical (unpaired) electrons. The lowest BCUT2D eigenvalue weighted by Gasteiger charge is -2.26. The van der Waals surface area contributed by atoms with Crippen molar-refractivity contribution in [3.05, 3.63) is 98.9 Å². The molecule has 3 aromatic carbocycles. The summed E-state index contributed by atoms with van der Waals surface area (Å²) in [5, 5.41) is 7.18. The summed E-state index contributed by atoms with van der Waals surface area (Å²) in [6.07, 6.45) is 6.80. The van der Waals surface area contributed by atoms with Crippen LogP contribution in [0, 0.1) is 6.92 Å². The van der Waals surface area contributed by atoms with Crippen LogP contribution in [0.15, 0.2) is 65.8 Å². The molecule has 1 unspecified atom stereocenters. The second-order valence-corrected chi connectivity index (χ2v) is 9.39. The summed E-state index contributed by atoms with van der Waals surface area (Å²) in [7, 11) is 3.32. The molecule has 0 saturated carbocycles. The molecule has 0 fully saturated rings. The van der Waals surface area contributed by atoms with E-state index in [1.165, 1.54) is 11.1 Å². The summed E-state index contributed by atoms with van der Waals surface area (Å²) in [6.45, 7) is 4.42. The smallest absolute Gasteiger partial charge is 0.161 e. The lowest BCUT2D eigenvalue weighted by molar-refractivity contribution is 0.283. The second kappa shape index (κ2) is 14.1. The van der Waals surface area contributed by atoms with Crippen LogP contribution >= 0.6 is 0 Å². The molecule has 0 aromatic heterocycles. The molecule has 3 aromatic rings. The number of methoxy groups -OCH3 is 2. The lowest BCUT2D eigenvalue weighted by atomic mass is 9.92. The van der Waals surface area contributed by atoms with Crippen LogP contribution in [0.2, 0.25) is 0 Å². The molecule has 0 spiro atoms. The average molecular weight is 529 g/mol. The first-order chi connectivity index (χ1) is 19.1. The van der Waals surface area contributed by atoms with Crippen LogP contribution in [-0.4, -0.2) is 33.9 Å². The number of ether oxygens (including phenoxy) is 4. The van der Waals surface area contributed by atoms with E-state index in [0.717, 1.165) is 54.0 Å². The van der Waals surface area contributed by atoms with Crippen LogP contribution in [0.5, 0.6) is 23.0 Å². The number of benzene rings is 3. The maximum atomic E-state index is 8.41. The van der Waals surface area contributed by atoms with E-state index >= 15 is 0 Å². The average Bonchev–Trinajstić information content (AvgIpc) is 2.97.